The Labute approximate surface area is 186 Å². The molecule has 2 aromatic carbocycles. The van der Waals surface area contributed by atoms with Gasteiger partial charge in [0, 0.05) is 54.3 Å². The second-order valence-corrected chi connectivity index (χ2v) is 7.89. The van der Waals surface area contributed by atoms with Crippen LogP contribution in [0.15, 0.2) is 66.9 Å². The molecule has 1 aliphatic rings. The third kappa shape index (κ3) is 4.42. The Hall–Kier alpha value is -3.87. The molecule has 0 bridgehead atoms. The minimum absolute atomic E-state index is 0.0650. The van der Waals surface area contributed by atoms with Crippen molar-refractivity contribution in [1.29, 1.82) is 0 Å². The highest BCUT2D eigenvalue weighted by Gasteiger charge is 2.33. The van der Waals surface area contributed by atoms with Gasteiger partial charge in [-0.15, -0.1) is 0 Å². The predicted octanol–water partition coefficient (Wildman–Crippen LogP) is 3.01. The summed E-state index contributed by atoms with van der Waals surface area (Å²) in [6.07, 6.45) is 1.68. The van der Waals surface area contributed by atoms with E-state index in [1.54, 1.807) is 52.4 Å². The van der Waals surface area contributed by atoms with Crippen LogP contribution in [0, 0.1) is 6.92 Å². The van der Waals surface area contributed by atoms with Crippen LogP contribution < -0.4 is 0 Å². The van der Waals surface area contributed by atoms with E-state index in [-0.39, 0.29) is 11.9 Å². The van der Waals surface area contributed by atoms with E-state index in [4.69, 9.17) is 0 Å². The van der Waals surface area contributed by atoms with E-state index in [9.17, 15) is 14.4 Å². The summed E-state index contributed by atoms with van der Waals surface area (Å²) in [5, 5.41) is 0. The molecular weight excluding hydrogens is 404 g/mol. The van der Waals surface area contributed by atoms with Gasteiger partial charge in [0.2, 0.25) is 5.78 Å². The van der Waals surface area contributed by atoms with Gasteiger partial charge in [-0.25, -0.2) is 9.97 Å². The SMILES string of the molecule is Cc1ccnc(-c2ccc(C(=O)C(=O)N3CCN(C(=O)c4ccccc4)CC3C)cc2)n1. The minimum atomic E-state index is -0.559. The fraction of sp³-hybridized carbons (Fsp3) is 0.240. The first-order valence-corrected chi connectivity index (χ1v) is 10.5. The van der Waals surface area contributed by atoms with Crippen molar-refractivity contribution in [2.24, 2.45) is 0 Å². The highest BCUT2D eigenvalue weighted by molar-refractivity contribution is 6.42. The Bertz CT molecular complexity index is 1150. The molecule has 0 saturated carbocycles. The van der Waals surface area contributed by atoms with E-state index >= 15 is 0 Å². The molecule has 0 radical (unpaired) electrons. The summed E-state index contributed by atoms with van der Waals surface area (Å²) >= 11 is 0. The van der Waals surface area contributed by atoms with Gasteiger partial charge in [0.05, 0.1) is 0 Å². The molecule has 0 aliphatic carbocycles. The lowest BCUT2D eigenvalue weighted by molar-refractivity contribution is -0.130. The second kappa shape index (κ2) is 9.09. The number of hydrogen-bond donors (Lipinski definition) is 0. The van der Waals surface area contributed by atoms with Crippen molar-refractivity contribution in [3.05, 3.63) is 83.7 Å². The van der Waals surface area contributed by atoms with Crippen LogP contribution in [-0.2, 0) is 4.79 Å². The number of ketones is 1. The van der Waals surface area contributed by atoms with Crippen molar-refractivity contribution in [2.75, 3.05) is 19.6 Å². The molecule has 1 fully saturated rings. The van der Waals surface area contributed by atoms with Crippen LogP contribution in [0.2, 0.25) is 0 Å². The Morgan fingerprint density at radius 3 is 2.28 bits per heavy atom. The van der Waals surface area contributed by atoms with Crippen LogP contribution >= 0.6 is 0 Å². The summed E-state index contributed by atoms with van der Waals surface area (Å²) in [6.45, 7) is 4.83. The van der Waals surface area contributed by atoms with Gasteiger partial charge in [0.1, 0.15) is 0 Å². The van der Waals surface area contributed by atoms with Crippen LogP contribution in [0.5, 0.6) is 0 Å². The first-order valence-electron chi connectivity index (χ1n) is 10.5. The van der Waals surface area contributed by atoms with E-state index in [2.05, 4.69) is 9.97 Å². The first kappa shape index (κ1) is 21.4. The second-order valence-electron chi connectivity index (χ2n) is 7.89. The average molecular weight is 428 g/mol. The maximum atomic E-state index is 12.9. The lowest BCUT2D eigenvalue weighted by atomic mass is 10.0. The van der Waals surface area contributed by atoms with Crippen molar-refractivity contribution in [3.8, 4) is 11.4 Å². The van der Waals surface area contributed by atoms with Crippen LogP contribution in [-0.4, -0.2) is 63.0 Å². The summed E-state index contributed by atoms with van der Waals surface area (Å²) in [7, 11) is 0. The van der Waals surface area contributed by atoms with Crippen molar-refractivity contribution in [2.45, 2.75) is 19.9 Å². The molecule has 2 amide bonds. The van der Waals surface area contributed by atoms with Crippen molar-refractivity contribution in [1.82, 2.24) is 19.8 Å². The fourth-order valence-corrected chi connectivity index (χ4v) is 3.82. The van der Waals surface area contributed by atoms with Crippen LogP contribution in [0.4, 0.5) is 0 Å². The van der Waals surface area contributed by atoms with Gasteiger partial charge in [0.15, 0.2) is 5.82 Å². The Morgan fingerprint density at radius 2 is 1.62 bits per heavy atom. The Balaban J connectivity index is 1.42. The molecule has 4 rings (SSSR count). The maximum Gasteiger partial charge on any atom is 0.295 e. The van der Waals surface area contributed by atoms with E-state index < -0.39 is 11.7 Å². The molecule has 162 valence electrons. The molecule has 7 heteroatoms. The molecule has 1 aliphatic heterocycles. The number of piperazine rings is 1. The molecule has 1 unspecified atom stereocenters. The molecule has 1 aromatic heterocycles. The Kier molecular flexibility index (Phi) is 6.07. The monoisotopic (exact) mass is 428 g/mol. The van der Waals surface area contributed by atoms with Gasteiger partial charge in [-0.05, 0) is 32.0 Å². The van der Waals surface area contributed by atoms with E-state index in [1.807, 2.05) is 38.1 Å². The average Bonchev–Trinajstić information content (AvgIpc) is 2.83. The van der Waals surface area contributed by atoms with Gasteiger partial charge in [-0.2, -0.15) is 0 Å². The molecule has 1 atom stereocenters. The summed E-state index contributed by atoms with van der Waals surface area (Å²) in [5.41, 5.74) is 2.57. The Morgan fingerprint density at radius 1 is 0.906 bits per heavy atom. The number of rotatable bonds is 4. The van der Waals surface area contributed by atoms with Crippen LogP contribution in [0.3, 0.4) is 0 Å². The number of benzene rings is 2. The standard InChI is InChI=1S/C25H24N4O3/c1-17-12-13-26-23(27-17)20-10-8-19(9-11-20)22(30)25(32)29-15-14-28(16-18(29)2)24(31)21-6-4-3-5-7-21/h3-13,18H,14-16H2,1-2H3. The quantitative estimate of drug-likeness (QED) is 0.471. The topological polar surface area (TPSA) is 83.5 Å². The number of aromatic nitrogens is 2. The summed E-state index contributed by atoms with van der Waals surface area (Å²) < 4.78 is 0. The summed E-state index contributed by atoms with van der Waals surface area (Å²) in [6, 6.07) is 17.4. The third-order valence-corrected chi connectivity index (χ3v) is 5.59. The van der Waals surface area contributed by atoms with Gasteiger partial charge < -0.3 is 9.80 Å². The van der Waals surface area contributed by atoms with E-state index in [1.165, 1.54) is 0 Å². The summed E-state index contributed by atoms with van der Waals surface area (Å²) in [5.74, 6) is -0.603. The molecule has 1 saturated heterocycles. The first-order chi connectivity index (χ1) is 15.4. The van der Waals surface area contributed by atoms with Crippen molar-refractivity contribution in [3.63, 3.8) is 0 Å². The van der Waals surface area contributed by atoms with E-state index in [0.29, 0.717) is 36.6 Å². The zero-order valence-electron chi connectivity index (χ0n) is 18.1. The molecule has 2 heterocycles. The lowest BCUT2D eigenvalue weighted by Gasteiger charge is -2.39. The number of aryl methyl sites for hydroxylation is 1. The molecule has 32 heavy (non-hydrogen) atoms. The zero-order chi connectivity index (χ0) is 22.7. The van der Waals surface area contributed by atoms with Crippen LogP contribution in [0.25, 0.3) is 11.4 Å². The largest absolute Gasteiger partial charge is 0.335 e. The number of carbonyl (C=O) groups is 3. The highest BCUT2D eigenvalue weighted by Crippen LogP contribution is 2.18. The maximum absolute atomic E-state index is 12.9. The lowest BCUT2D eigenvalue weighted by Crippen LogP contribution is -2.56. The molecular formula is C25H24N4O3. The number of hydrogen-bond acceptors (Lipinski definition) is 5. The smallest absolute Gasteiger partial charge is 0.295 e. The fourth-order valence-electron chi connectivity index (χ4n) is 3.82. The zero-order valence-corrected chi connectivity index (χ0v) is 18.1. The molecule has 0 spiro atoms. The number of amides is 2. The van der Waals surface area contributed by atoms with Crippen molar-refractivity contribution >= 4 is 17.6 Å². The van der Waals surface area contributed by atoms with Gasteiger partial charge in [-0.1, -0.05) is 42.5 Å². The molecule has 7 nitrogen and oxygen atoms in total. The summed E-state index contributed by atoms with van der Waals surface area (Å²) in [4.78, 5) is 50.3. The predicted molar refractivity (Wildman–Crippen MR) is 120 cm³/mol. The highest BCUT2D eigenvalue weighted by atomic mass is 16.2. The number of Topliss-reactive ketones (excluding diaryl/α,β-unsaturated/α-hetero) is 1. The molecule has 3 aromatic rings. The van der Waals surface area contributed by atoms with Crippen molar-refractivity contribution < 1.29 is 14.4 Å². The van der Waals surface area contributed by atoms with E-state index in [0.717, 1.165) is 11.3 Å². The molecule has 0 N–H and O–H groups in total. The number of carbonyl (C=O) groups excluding carboxylic acids is 3. The van der Waals surface area contributed by atoms with Crippen LogP contribution in [0.1, 0.15) is 33.3 Å². The minimum Gasteiger partial charge on any atom is -0.335 e. The number of nitrogens with zero attached hydrogens (tertiary/aromatic N) is 4. The van der Waals surface area contributed by atoms with Gasteiger partial charge >= 0.3 is 0 Å². The normalized spacial score (nSPS) is 16.0. The third-order valence-electron chi connectivity index (χ3n) is 5.59. The van der Waals surface area contributed by atoms with Gasteiger partial charge in [-0.3, -0.25) is 14.4 Å². The van der Waals surface area contributed by atoms with Gasteiger partial charge in [0.25, 0.3) is 11.8 Å².